The molecule has 3 aliphatic rings. The molecule has 0 radical (unpaired) electrons. The summed E-state index contributed by atoms with van der Waals surface area (Å²) in [5.41, 5.74) is 3.99. The highest BCUT2D eigenvalue weighted by atomic mass is 19.1. The number of amides is 2. The van der Waals surface area contributed by atoms with Crippen LogP contribution in [0.25, 0.3) is 0 Å². The molecule has 2 saturated heterocycles. The van der Waals surface area contributed by atoms with Crippen LogP contribution in [-0.2, 0) is 0 Å². The molecule has 2 aromatic carbocycles. The van der Waals surface area contributed by atoms with Gasteiger partial charge in [0.05, 0.1) is 0 Å². The molecule has 1 aliphatic carbocycles. The molecule has 5 nitrogen and oxygen atoms in total. The van der Waals surface area contributed by atoms with E-state index in [0.29, 0.717) is 17.9 Å². The third-order valence-corrected chi connectivity index (χ3v) is 6.94. The fraction of sp³-hybridized carbons (Fsp3) is 0.458. The van der Waals surface area contributed by atoms with E-state index >= 15 is 0 Å². The SMILES string of the molecule is O=C1NCCN1CCN1CCNC([C@H]2C[C@H](c3ccc(F)cc3)c3ccccc32)C1. The number of hydrogen-bond acceptors (Lipinski definition) is 3. The van der Waals surface area contributed by atoms with Crippen LogP contribution in [0.4, 0.5) is 9.18 Å². The molecule has 3 atom stereocenters. The third kappa shape index (κ3) is 3.82. The van der Waals surface area contributed by atoms with E-state index in [-0.39, 0.29) is 11.8 Å². The van der Waals surface area contributed by atoms with Crippen LogP contribution in [0, 0.1) is 5.82 Å². The molecule has 0 bridgehead atoms. The van der Waals surface area contributed by atoms with Gasteiger partial charge in [-0.05, 0) is 35.2 Å². The van der Waals surface area contributed by atoms with Crippen LogP contribution in [0.2, 0.25) is 0 Å². The first-order valence-electron chi connectivity index (χ1n) is 11.0. The number of hydrogen-bond donors (Lipinski definition) is 2. The molecule has 2 fully saturated rings. The molecule has 2 N–H and O–H groups in total. The lowest BCUT2D eigenvalue weighted by atomic mass is 9.89. The van der Waals surface area contributed by atoms with Crippen molar-refractivity contribution in [3.05, 3.63) is 71.0 Å². The lowest BCUT2D eigenvalue weighted by molar-refractivity contribution is 0.164. The molecule has 2 aliphatic heterocycles. The predicted octanol–water partition coefficient (Wildman–Crippen LogP) is 2.74. The molecule has 2 amide bonds. The van der Waals surface area contributed by atoms with Gasteiger partial charge in [0, 0.05) is 63.7 Å². The second-order valence-corrected chi connectivity index (χ2v) is 8.66. The summed E-state index contributed by atoms with van der Waals surface area (Å²) < 4.78 is 13.4. The number of carbonyl (C=O) groups excluding carboxylic acids is 1. The summed E-state index contributed by atoms with van der Waals surface area (Å²) in [7, 11) is 0. The zero-order valence-corrected chi connectivity index (χ0v) is 17.2. The Balaban J connectivity index is 1.30. The second-order valence-electron chi connectivity index (χ2n) is 8.66. The molecule has 5 rings (SSSR count). The molecule has 0 spiro atoms. The highest BCUT2D eigenvalue weighted by Crippen LogP contribution is 2.46. The second kappa shape index (κ2) is 8.36. The van der Waals surface area contributed by atoms with Crippen LogP contribution in [0.1, 0.15) is 34.9 Å². The van der Waals surface area contributed by atoms with Crippen molar-refractivity contribution >= 4 is 6.03 Å². The van der Waals surface area contributed by atoms with Crippen LogP contribution in [-0.4, -0.2) is 67.7 Å². The van der Waals surface area contributed by atoms with Gasteiger partial charge < -0.3 is 15.5 Å². The molecule has 2 aromatic rings. The zero-order chi connectivity index (χ0) is 20.5. The van der Waals surface area contributed by atoms with Crippen LogP contribution in [0.15, 0.2) is 48.5 Å². The van der Waals surface area contributed by atoms with Crippen molar-refractivity contribution in [2.24, 2.45) is 0 Å². The first kappa shape index (κ1) is 19.5. The van der Waals surface area contributed by atoms with Crippen LogP contribution in [0.5, 0.6) is 0 Å². The number of nitrogens with one attached hydrogen (secondary N) is 2. The van der Waals surface area contributed by atoms with E-state index in [4.69, 9.17) is 0 Å². The Bertz CT molecular complexity index is 902. The molecule has 0 saturated carbocycles. The summed E-state index contributed by atoms with van der Waals surface area (Å²) in [4.78, 5) is 16.2. The maximum absolute atomic E-state index is 13.4. The Morgan fingerprint density at radius 3 is 2.53 bits per heavy atom. The van der Waals surface area contributed by atoms with Gasteiger partial charge in [-0.1, -0.05) is 36.4 Å². The summed E-state index contributed by atoms with van der Waals surface area (Å²) in [6, 6.07) is 16.2. The minimum atomic E-state index is -0.183. The summed E-state index contributed by atoms with van der Waals surface area (Å²) >= 11 is 0. The Morgan fingerprint density at radius 2 is 1.77 bits per heavy atom. The van der Waals surface area contributed by atoms with Gasteiger partial charge in [0.15, 0.2) is 0 Å². The summed E-state index contributed by atoms with van der Waals surface area (Å²) in [5.74, 6) is 0.573. The van der Waals surface area contributed by atoms with E-state index in [1.54, 1.807) is 12.1 Å². The fourth-order valence-electron chi connectivity index (χ4n) is 5.37. The first-order valence-corrected chi connectivity index (χ1v) is 11.0. The smallest absolute Gasteiger partial charge is 0.317 e. The fourth-order valence-corrected chi connectivity index (χ4v) is 5.37. The largest absolute Gasteiger partial charge is 0.336 e. The van der Waals surface area contributed by atoms with E-state index in [9.17, 15) is 9.18 Å². The maximum atomic E-state index is 13.4. The monoisotopic (exact) mass is 408 g/mol. The standard InChI is InChI=1S/C24H29FN4O/c25-18-7-5-17(6-8-18)21-15-22(20-4-2-1-3-19(20)21)23-16-28(11-9-26-23)13-14-29-12-10-27-24(29)30/h1-8,21-23,26H,9-16H2,(H,27,30)/t21-,22+,23?/m1/s1. The minimum absolute atomic E-state index is 0.0635. The van der Waals surface area contributed by atoms with Crippen LogP contribution < -0.4 is 10.6 Å². The number of fused-ring (bicyclic) bond motifs is 1. The Hall–Kier alpha value is -2.44. The molecule has 158 valence electrons. The number of rotatable bonds is 5. The lowest BCUT2D eigenvalue weighted by Gasteiger charge is -2.37. The normalized spacial score (nSPS) is 26.6. The van der Waals surface area contributed by atoms with Gasteiger partial charge in [0.25, 0.3) is 0 Å². The van der Waals surface area contributed by atoms with Crippen LogP contribution in [0.3, 0.4) is 0 Å². The van der Waals surface area contributed by atoms with Crippen molar-refractivity contribution in [3.63, 3.8) is 0 Å². The number of piperazine rings is 1. The number of nitrogens with zero attached hydrogens (tertiary/aromatic N) is 2. The highest BCUT2D eigenvalue weighted by molar-refractivity contribution is 5.76. The molecular formula is C24H29FN4O. The number of urea groups is 1. The molecule has 30 heavy (non-hydrogen) atoms. The molecule has 0 aromatic heterocycles. The van der Waals surface area contributed by atoms with Crippen molar-refractivity contribution in [1.82, 2.24) is 20.4 Å². The van der Waals surface area contributed by atoms with Crippen molar-refractivity contribution in [3.8, 4) is 0 Å². The van der Waals surface area contributed by atoms with Crippen molar-refractivity contribution < 1.29 is 9.18 Å². The molecular weight excluding hydrogens is 379 g/mol. The third-order valence-electron chi connectivity index (χ3n) is 6.94. The van der Waals surface area contributed by atoms with E-state index in [1.165, 1.54) is 16.7 Å². The van der Waals surface area contributed by atoms with E-state index in [1.807, 2.05) is 17.0 Å². The van der Waals surface area contributed by atoms with Crippen LogP contribution >= 0.6 is 0 Å². The molecule has 1 unspecified atom stereocenters. The Labute approximate surface area is 177 Å². The van der Waals surface area contributed by atoms with Gasteiger partial charge >= 0.3 is 6.03 Å². The summed E-state index contributed by atoms with van der Waals surface area (Å²) in [6.07, 6.45) is 1.05. The molecule has 2 heterocycles. The van der Waals surface area contributed by atoms with Gasteiger partial charge in [-0.2, -0.15) is 0 Å². The average Bonchev–Trinajstić information content (AvgIpc) is 3.37. The van der Waals surface area contributed by atoms with Gasteiger partial charge in [0.1, 0.15) is 5.82 Å². The average molecular weight is 409 g/mol. The minimum Gasteiger partial charge on any atom is -0.336 e. The van der Waals surface area contributed by atoms with Gasteiger partial charge in [-0.25, -0.2) is 9.18 Å². The lowest BCUT2D eigenvalue weighted by Crippen LogP contribution is -2.54. The van der Waals surface area contributed by atoms with E-state index in [0.717, 1.165) is 52.2 Å². The number of benzene rings is 2. The van der Waals surface area contributed by atoms with Crippen molar-refractivity contribution in [2.45, 2.75) is 24.3 Å². The van der Waals surface area contributed by atoms with E-state index in [2.05, 4.69) is 39.8 Å². The predicted molar refractivity (Wildman–Crippen MR) is 115 cm³/mol. The molecule has 6 heteroatoms. The summed E-state index contributed by atoms with van der Waals surface area (Å²) in [5, 5.41) is 6.63. The van der Waals surface area contributed by atoms with Gasteiger partial charge in [-0.3, -0.25) is 4.90 Å². The highest BCUT2D eigenvalue weighted by Gasteiger charge is 2.38. The van der Waals surface area contributed by atoms with Crippen molar-refractivity contribution in [2.75, 3.05) is 45.8 Å². The topological polar surface area (TPSA) is 47.6 Å². The Morgan fingerprint density at radius 1 is 0.967 bits per heavy atom. The summed E-state index contributed by atoms with van der Waals surface area (Å²) in [6.45, 7) is 6.25. The number of carbonyl (C=O) groups is 1. The van der Waals surface area contributed by atoms with Crippen molar-refractivity contribution in [1.29, 1.82) is 0 Å². The number of halogens is 1. The first-order chi connectivity index (χ1) is 14.7. The quantitative estimate of drug-likeness (QED) is 0.800. The zero-order valence-electron chi connectivity index (χ0n) is 17.2. The van der Waals surface area contributed by atoms with Gasteiger partial charge in [0.2, 0.25) is 0 Å². The Kier molecular flexibility index (Phi) is 5.44. The maximum Gasteiger partial charge on any atom is 0.317 e. The van der Waals surface area contributed by atoms with E-state index < -0.39 is 0 Å². The van der Waals surface area contributed by atoms with Gasteiger partial charge in [-0.15, -0.1) is 0 Å².